The quantitative estimate of drug-likeness (QED) is 0.415. The Kier molecular flexibility index (Phi) is 8.70. The van der Waals surface area contributed by atoms with Gasteiger partial charge in [-0.3, -0.25) is 4.79 Å². The molecule has 6 nitrogen and oxygen atoms in total. The first-order valence-electron chi connectivity index (χ1n) is 4.52. The molecule has 0 aromatic carbocycles. The monoisotopic (exact) mass is 220 g/mol. The minimum atomic E-state index is -0.421. The Hall–Kier alpha value is -1.14. The lowest BCUT2D eigenvalue weighted by molar-refractivity contribution is -0.147. The smallest absolute Gasteiger partial charge is 0.331 e. The number of esters is 2. The first-order valence-corrected chi connectivity index (χ1v) is 4.52. The third-order valence-corrected chi connectivity index (χ3v) is 1.35. The van der Waals surface area contributed by atoms with Crippen molar-refractivity contribution in [3.8, 4) is 0 Å². The fraction of sp³-hybridized carbons (Fsp3) is 0.778. The summed E-state index contributed by atoms with van der Waals surface area (Å²) in [5, 5.41) is 0. The minimum absolute atomic E-state index is 0.0796. The van der Waals surface area contributed by atoms with E-state index in [0.29, 0.717) is 19.8 Å². The highest BCUT2D eigenvalue weighted by Crippen LogP contribution is 1.82. The molecule has 0 aromatic heterocycles. The molecule has 6 heteroatoms. The third kappa shape index (κ3) is 10.8. The van der Waals surface area contributed by atoms with Crippen molar-refractivity contribution in [1.82, 2.24) is 0 Å². The van der Waals surface area contributed by atoms with Gasteiger partial charge in [0.25, 0.3) is 0 Å². The summed E-state index contributed by atoms with van der Waals surface area (Å²) in [4.78, 5) is 20.9. The Morgan fingerprint density at radius 1 is 1.00 bits per heavy atom. The normalized spacial score (nSPS) is 9.73. The molecule has 0 bridgehead atoms. The van der Waals surface area contributed by atoms with Crippen molar-refractivity contribution in [3.05, 3.63) is 0 Å². The van der Waals surface area contributed by atoms with Gasteiger partial charge in [0.05, 0.1) is 26.9 Å². The molecule has 88 valence electrons. The van der Waals surface area contributed by atoms with Crippen molar-refractivity contribution in [3.63, 3.8) is 0 Å². The number of hydrogen-bond donors (Lipinski definition) is 0. The van der Waals surface area contributed by atoms with E-state index in [-0.39, 0.29) is 19.2 Å². The van der Waals surface area contributed by atoms with Crippen LogP contribution in [0.4, 0.5) is 0 Å². The van der Waals surface area contributed by atoms with Crippen molar-refractivity contribution in [1.29, 1.82) is 0 Å². The van der Waals surface area contributed by atoms with E-state index >= 15 is 0 Å². The van der Waals surface area contributed by atoms with E-state index in [1.807, 2.05) is 0 Å². The molecule has 0 aliphatic carbocycles. The Bertz CT molecular complexity index is 191. The van der Waals surface area contributed by atoms with Gasteiger partial charge in [-0.05, 0) is 0 Å². The second kappa shape index (κ2) is 9.42. The first-order chi connectivity index (χ1) is 7.16. The number of rotatable bonds is 8. The highest BCUT2D eigenvalue weighted by molar-refractivity contribution is 5.70. The molecule has 0 rings (SSSR count). The van der Waals surface area contributed by atoms with Gasteiger partial charge in [0.1, 0.15) is 13.2 Å². The van der Waals surface area contributed by atoms with Crippen LogP contribution in [0.25, 0.3) is 0 Å². The molecular formula is C9H16O6. The molecule has 0 N–H and O–H groups in total. The van der Waals surface area contributed by atoms with Crippen LogP contribution in [-0.2, 0) is 28.5 Å². The Labute approximate surface area is 88.4 Å². The molecule has 0 spiro atoms. The van der Waals surface area contributed by atoms with Gasteiger partial charge in [0.15, 0.2) is 0 Å². The van der Waals surface area contributed by atoms with E-state index in [1.54, 1.807) is 0 Å². The molecule has 0 amide bonds. The molecule has 15 heavy (non-hydrogen) atoms. The SMILES string of the molecule is COC(=O)COCCOCCOC(C)=O. The molecular weight excluding hydrogens is 204 g/mol. The average Bonchev–Trinajstić information content (AvgIpc) is 2.21. The lowest BCUT2D eigenvalue weighted by Crippen LogP contribution is -2.15. The summed E-state index contributed by atoms with van der Waals surface area (Å²) in [6.45, 7) is 2.45. The lowest BCUT2D eigenvalue weighted by Gasteiger charge is -2.05. The van der Waals surface area contributed by atoms with E-state index in [0.717, 1.165) is 0 Å². The van der Waals surface area contributed by atoms with Gasteiger partial charge in [-0.15, -0.1) is 0 Å². The zero-order valence-electron chi connectivity index (χ0n) is 8.99. The molecule has 0 heterocycles. The Morgan fingerprint density at radius 3 is 2.20 bits per heavy atom. The fourth-order valence-electron chi connectivity index (χ4n) is 0.679. The van der Waals surface area contributed by atoms with Crippen LogP contribution in [0.5, 0.6) is 0 Å². The van der Waals surface area contributed by atoms with Crippen molar-refractivity contribution in [2.45, 2.75) is 6.92 Å². The van der Waals surface area contributed by atoms with Crippen molar-refractivity contribution >= 4 is 11.9 Å². The van der Waals surface area contributed by atoms with E-state index in [2.05, 4.69) is 9.47 Å². The van der Waals surface area contributed by atoms with Crippen LogP contribution in [0.2, 0.25) is 0 Å². The molecule has 0 aliphatic rings. The van der Waals surface area contributed by atoms with Gasteiger partial charge in [0, 0.05) is 6.92 Å². The molecule has 0 atom stereocenters. The lowest BCUT2D eigenvalue weighted by atomic mass is 10.7. The molecule has 0 aliphatic heterocycles. The molecule has 0 aromatic rings. The highest BCUT2D eigenvalue weighted by atomic mass is 16.6. The number of ether oxygens (including phenoxy) is 4. The number of hydrogen-bond acceptors (Lipinski definition) is 6. The predicted molar refractivity (Wildman–Crippen MR) is 50.3 cm³/mol. The van der Waals surface area contributed by atoms with E-state index in [1.165, 1.54) is 14.0 Å². The van der Waals surface area contributed by atoms with Crippen LogP contribution in [-0.4, -0.2) is 52.1 Å². The van der Waals surface area contributed by atoms with Crippen LogP contribution >= 0.6 is 0 Å². The number of carbonyl (C=O) groups excluding carboxylic acids is 2. The zero-order chi connectivity index (χ0) is 11.5. The predicted octanol–water partition coefficient (Wildman–Crippen LogP) is -0.244. The summed E-state index contributed by atoms with van der Waals surface area (Å²) in [6.07, 6.45) is 0. The first kappa shape index (κ1) is 13.9. The van der Waals surface area contributed by atoms with E-state index in [9.17, 15) is 9.59 Å². The van der Waals surface area contributed by atoms with Crippen LogP contribution in [0.15, 0.2) is 0 Å². The largest absolute Gasteiger partial charge is 0.467 e. The maximum Gasteiger partial charge on any atom is 0.331 e. The maximum atomic E-state index is 10.6. The Morgan fingerprint density at radius 2 is 1.60 bits per heavy atom. The molecule has 0 unspecified atom stereocenters. The topological polar surface area (TPSA) is 71.1 Å². The minimum Gasteiger partial charge on any atom is -0.467 e. The zero-order valence-corrected chi connectivity index (χ0v) is 8.99. The van der Waals surface area contributed by atoms with Crippen molar-refractivity contribution < 1.29 is 28.5 Å². The van der Waals surface area contributed by atoms with Gasteiger partial charge < -0.3 is 18.9 Å². The summed E-state index contributed by atoms with van der Waals surface area (Å²) in [7, 11) is 1.29. The summed E-state index contributed by atoms with van der Waals surface area (Å²) < 4.78 is 18.9. The molecule has 0 saturated heterocycles. The van der Waals surface area contributed by atoms with Gasteiger partial charge in [-0.1, -0.05) is 0 Å². The maximum absolute atomic E-state index is 10.6. The van der Waals surface area contributed by atoms with Crippen LogP contribution in [0.1, 0.15) is 6.92 Å². The summed E-state index contributed by atoms with van der Waals surface area (Å²) in [5.74, 6) is -0.754. The van der Waals surface area contributed by atoms with E-state index < -0.39 is 5.97 Å². The van der Waals surface area contributed by atoms with Gasteiger partial charge in [0.2, 0.25) is 0 Å². The van der Waals surface area contributed by atoms with Crippen LogP contribution < -0.4 is 0 Å². The number of methoxy groups -OCH3 is 1. The summed E-state index contributed by atoms with van der Waals surface area (Å²) in [5.41, 5.74) is 0. The summed E-state index contributed by atoms with van der Waals surface area (Å²) in [6, 6.07) is 0. The average molecular weight is 220 g/mol. The van der Waals surface area contributed by atoms with Gasteiger partial charge in [-0.25, -0.2) is 4.79 Å². The standard InChI is InChI=1S/C9H16O6/c1-8(10)15-6-5-13-3-4-14-7-9(11)12-2/h3-7H2,1-2H3. The Balaban J connectivity index is 3.05. The number of carbonyl (C=O) groups is 2. The second-order valence-electron chi connectivity index (χ2n) is 2.58. The van der Waals surface area contributed by atoms with Crippen molar-refractivity contribution in [2.75, 3.05) is 40.1 Å². The van der Waals surface area contributed by atoms with Crippen LogP contribution in [0.3, 0.4) is 0 Å². The second-order valence-corrected chi connectivity index (χ2v) is 2.58. The van der Waals surface area contributed by atoms with Gasteiger partial charge >= 0.3 is 11.9 Å². The van der Waals surface area contributed by atoms with E-state index in [4.69, 9.17) is 9.47 Å². The van der Waals surface area contributed by atoms with Gasteiger partial charge in [-0.2, -0.15) is 0 Å². The molecule has 0 saturated carbocycles. The molecule has 0 radical (unpaired) electrons. The van der Waals surface area contributed by atoms with Crippen LogP contribution in [0, 0.1) is 0 Å². The summed E-state index contributed by atoms with van der Waals surface area (Å²) >= 11 is 0. The highest BCUT2D eigenvalue weighted by Gasteiger charge is 1.98. The molecule has 0 fully saturated rings. The third-order valence-electron chi connectivity index (χ3n) is 1.35. The fourth-order valence-corrected chi connectivity index (χ4v) is 0.679. The van der Waals surface area contributed by atoms with Crippen molar-refractivity contribution in [2.24, 2.45) is 0 Å².